The third-order valence-corrected chi connectivity index (χ3v) is 6.68. The van der Waals surface area contributed by atoms with Crippen molar-refractivity contribution in [2.75, 3.05) is 0 Å². The number of hydrogen-bond donors (Lipinski definition) is 0. The Labute approximate surface area is 131 Å². The molecule has 0 spiro atoms. The largest absolute Gasteiger partial charge is 0.0795 e. The molecule has 4 atom stereocenters. The molecule has 3 aliphatic rings. The number of allylic oxidation sites excluding steroid dienone is 6. The highest BCUT2D eigenvalue weighted by Crippen LogP contribution is 2.61. The van der Waals surface area contributed by atoms with Crippen molar-refractivity contribution >= 4 is 45.2 Å². The summed E-state index contributed by atoms with van der Waals surface area (Å²) < 4.78 is 3.01. The molecule has 1 fully saturated rings. The Morgan fingerprint density at radius 1 is 1.29 bits per heavy atom. The van der Waals surface area contributed by atoms with Crippen molar-refractivity contribution < 1.29 is 0 Å². The van der Waals surface area contributed by atoms with Crippen molar-refractivity contribution in [1.82, 2.24) is 0 Å². The fourth-order valence-electron chi connectivity index (χ4n) is 4.14. The normalized spacial score (nSPS) is 42.6. The molecule has 0 amide bonds. The summed E-state index contributed by atoms with van der Waals surface area (Å²) in [6, 6.07) is 0. The first-order chi connectivity index (χ1) is 8.00. The van der Waals surface area contributed by atoms with Gasteiger partial charge in [-0.15, -0.1) is 0 Å². The van der Waals surface area contributed by atoms with Crippen molar-refractivity contribution in [3.63, 3.8) is 0 Å². The quantitative estimate of drug-likeness (QED) is 0.427. The molecule has 2 heteroatoms. The van der Waals surface area contributed by atoms with Crippen molar-refractivity contribution in [2.24, 2.45) is 29.1 Å². The first kappa shape index (κ1) is 12.7. The van der Waals surface area contributed by atoms with Crippen LogP contribution in [0.15, 0.2) is 31.5 Å². The van der Waals surface area contributed by atoms with Crippen LogP contribution in [0.2, 0.25) is 0 Å². The molecule has 0 radical (unpaired) electrons. The number of fused-ring (bicyclic) bond motifs is 3. The van der Waals surface area contributed by atoms with Gasteiger partial charge in [-0.1, -0.05) is 38.2 Å². The van der Waals surface area contributed by atoms with Crippen LogP contribution in [0.4, 0.5) is 0 Å². The van der Waals surface area contributed by atoms with Crippen LogP contribution in [0, 0.1) is 29.1 Å². The van der Waals surface area contributed by atoms with Gasteiger partial charge < -0.3 is 0 Å². The van der Waals surface area contributed by atoms with E-state index < -0.39 is 0 Å². The summed E-state index contributed by atoms with van der Waals surface area (Å²) in [7, 11) is 0. The average Bonchev–Trinajstić information content (AvgIpc) is 2.49. The van der Waals surface area contributed by atoms with Crippen LogP contribution in [-0.2, 0) is 0 Å². The first-order valence-corrected chi connectivity index (χ1v) is 8.56. The molecule has 0 bridgehead atoms. The van der Waals surface area contributed by atoms with Gasteiger partial charge in [-0.05, 0) is 90.7 Å². The molecule has 0 aromatic carbocycles. The van der Waals surface area contributed by atoms with E-state index in [0.717, 1.165) is 23.7 Å². The monoisotopic (exact) mass is 452 g/mol. The summed E-state index contributed by atoms with van der Waals surface area (Å²) in [5, 5.41) is 0. The second-order valence-electron chi connectivity index (χ2n) is 6.20. The fourth-order valence-corrected chi connectivity index (χ4v) is 5.46. The highest BCUT2D eigenvalue weighted by atomic mass is 127. The molecule has 1 saturated carbocycles. The maximum absolute atomic E-state index is 2.53. The second kappa shape index (κ2) is 4.36. The molecule has 92 valence electrons. The van der Waals surface area contributed by atoms with Gasteiger partial charge in [0.2, 0.25) is 0 Å². The summed E-state index contributed by atoms with van der Waals surface area (Å²) >= 11 is 5.00. The lowest BCUT2D eigenvalue weighted by atomic mass is 9.71. The van der Waals surface area contributed by atoms with Gasteiger partial charge in [0.1, 0.15) is 0 Å². The van der Waals surface area contributed by atoms with E-state index in [1.54, 1.807) is 3.58 Å². The Balaban J connectivity index is 2.01. The predicted octanol–water partition coefficient (Wildman–Crippen LogP) is 5.49. The van der Waals surface area contributed by atoms with Gasteiger partial charge in [0.15, 0.2) is 0 Å². The van der Waals surface area contributed by atoms with Gasteiger partial charge in [0.25, 0.3) is 0 Å². The zero-order valence-corrected chi connectivity index (χ0v) is 14.6. The fraction of sp³-hybridized carbons (Fsp3) is 0.600. The summed E-state index contributed by atoms with van der Waals surface area (Å²) in [5.41, 5.74) is 0.460. The van der Waals surface area contributed by atoms with Gasteiger partial charge >= 0.3 is 0 Å². The van der Waals surface area contributed by atoms with Gasteiger partial charge in [-0.3, -0.25) is 0 Å². The highest BCUT2D eigenvalue weighted by Gasteiger charge is 2.54. The topological polar surface area (TPSA) is 0 Å². The van der Waals surface area contributed by atoms with Gasteiger partial charge in [-0.25, -0.2) is 0 Å². The zero-order valence-electron chi connectivity index (χ0n) is 10.3. The molecule has 0 N–H and O–H groups in total. The Morgan fingerprint density at radius 3 is 2.82 bits per heavy atom. The van der Waals surface area contributed by atoms with Gasteiger partial charge in [0.05, 0.1) is 0 Å². The summed E-state index contributed by atoms with van der Waals surface area (Å²) in [6.45, 7) is 4.98. The molecule has 0 saturated heterocycles. The lowest BCUT2D eigenvalue weighted by Crippen LogP contribution is -2.27. The molecule has 0 aromatic heterocycles. The van der Waals surface area contributed by atoms with Gasteiger partial charge in [0, 0.05) is 3.58 Å². The van der Waals surface area contributed by atoms with Crippen molar-refractivity contribution in [1.29, 1.82) is 0 Å². The van der Waals surface area contributed by atoms with Crippen molar-refractivity contribution in [3.05, 3.63) is 31.5 Å². The molecule has 0 aliphatic heterocycles. The van der Waals surface area contributed by atoms with Crippen molar-refractivity contribution in [3.8, 4) is 0 Å². The molecular weight excluding hydrogens is 434 g/mol. The Morgan fingerprint density at radius 2 is 2.06 bits per heavy atom. The zero-order chi connectivity index (χ0) is 12.2. The summed E-state index contributed by atoms with van der Waals surface area (Å²) in [6.07, 6.45) is 12.4. The molecule has 0 aromatic rings. The van der Waals surface area contributed by atoms with Gasteiger partial charge in [-0.2, -0.15) is 0 Å². The molecule has 17 heavy (non-hydrogen) atoms. The number of rotatable bonds is 0. The minimum atomic E-state index is 0.460. The Hall–Kier alpha value is 0.680. The molecule has 0 nitrogen and oxygen atoms in total. The van der Waals surface area contributed by atoms with Crippen LogP contribution in [0.25, 0.3) is 0 Å². The SMILES string of the molecule is CC1(C)C2C=C(I)C=CC2[C@H]2CC=C(I)CC21. The molecule has 3 rings (SSSR count). The molecule has 3 unspecified atom stereocenters. The van der Waals surface area contributed by atoms with E-state index in [1.165, 1.54) is 16.4 Å². The van der Waals surface area contributed by atoms with Crippen LogP contribution in [-0.4, -0.2) is 0 Å². The average molecular weight is 452 g/mol. The van der Waals surface area contributed by atoms with Crippen LogP contribution in [0.5, 0.6) is 0 Å². The van der Waals surface area contributed by atoms with Crippen LogP contribution in [0.3, 0.4) is 0 Å². The molecule has 3 aliphatic carbocycles. The van der Waals surface area contributed by atoms with E-state index in [0.29, 0.717) is 5.41 Å². The number of halogens is 2. The maximum atomic E-state index is 2.53. The summed E-state index contributed by atoms with van der Waals surface area (Å²) in [5.74, 6) is 3.29. The third-order valence-electron chi connectivity index (χ3n) is 5.08. The predicted molar refractivity (Wildman–Crippen MR) is 90.3 cm³/mol. The van der Waals surface area contributed by atoms with Crippen LogP contribution >= 0.6 is 45.2 Å². The molecular formula is C15H18I2. The minimum Gasteiger partial charge on any atom is -0.0795 e. The van der Waals surface area contributed by atoms with E-state index in [2.05, 4.69) is 83.3 Å². The summed E-state index contributed by atoms with van der Waals surface area (Å²) in [4.78, 5) is 0. The van der Waals surface area contributed by atoms with Crippen LogP contribution < -0.4 is 0 Å². The van der Waals surface area contributed by atoms with Crippen molar-refractivity contribution in [2.45, 2.75) is 26.7 Å². The Kier molecular flexibility index (Phi) is 3.26. The third kappa shape index (κ3) is 1.97. The standard InChI is InChI=1S/C15H18I2/c1-15(2)13-7-9(16)3-5-11(13)12-6-4-10(17)8-14(12)15/h3-5,7,11-14H,6,8H2,1-2H3/t11?,12-,13?,14?/m1/s1. The Bertz CT molecular complexity index is 428. The van der Waals surface area contributed by atoms with E-state index in [-0.39, 0.29) is 0 Å². The van der Waals surface area contributed by atoms with E-state index >= 15 is 0 Å². The smallest absolute Gasteiger partial charge is 0.00901 e. The van der Waals surface area contributed by atoms with E-state index in [1.807, 2.05) is 0 Å². The second-order valence-corrected chi connectivity index (χ2v) is 8.83. The highest BCUT2D eigenvalue weighted by molar-refractivity contribution is 14.1. The number of hydrogen-bond acceptors (Lipinski definition) is 0. The minimum absolute atomic E-state index is 0.460. The maximum Gasteiger partial charge on any atom is 0.00901 e. The van der Waals surface area contributed by atoms with E-state index in [9.17, 15) is 0 Å². The lowest BCUT2D eigenvalue weighted by molar-refractivity contribution is 0.187. The molecule has 0 heterocycles. The first-order valence-electron chi connectivity index (χ1n) is 6.40. The van der Waals surface area contributed by atoms with E-state index in [4.69, 9.17) is 0 Å². The van der Waals surface area contributed by atoms with Crippen LogP contribution in [0.1, 0.15) is 26.7 Å². The lowest BCUT2D eigenvalue weighted by Gasteiger charge is -2.35.